The van der Waals surface area contributed by atoms with Crippen LogP contribution < -0.4 is 10.6 Å². The van der Waals surface area contributed by atoms with E-state index in [1.165, 1.54) is 10.4 Å². The Morgan fingerprint density at radius 1 is 1.35 bits per heavy atom. The molecule has 1 aromatic rings. The fourth-order valence-corrected chi connectivity index (χ4v) is 4.32. The highest BCUT2D eigenvalue weighted by Crippen LogP contribution is 2.41. The van der Waals surface area contributed by atoms with Crippen molar-refractivity contribution in [2.24, 2.45) is 0 Å². The fourth-order valence-electron chi connectivity index (χ4n) is 3.11. The Labute approximate surface area is 125 Å². The predicted molar refractivity (Wildman–Crippen MR) is 83.6 cm³/mol. The average Bonchev–Trinajstić information content (AvgIpc) is 2.62. The van der Waals surface area contributed by atoms with Gasteiger partial charge in [-0.05, 0) is 27.7 Å². The standard InChI is InChI=1S/C15H22N4S/c1-14(2)7-10-11(8-16)13(17-9-19(5)6)20-12(10)15(3,4)18-14/h9,18H,7H2,1-6H3/p+2. The normalized spacial score (nSPS) is 18.9. The van der Waals surface area contributed by atoms with E-state index in [-0.39, 0.29) is 11.1 Å². The molecule has 1 aromatic heterocycles. The van der Waals surface area contributed by atoms with Crippen molar-refractivity contribution in [1.82, 2.24) is 0 Å². The molecule has 0 saturated carbocycles. The van der Waals surface area contributed by atoms with Crippen LogP contribution in [0, 0.1) is 11.3 Å². The van der Waals surface area contributed by atoms with E-state index in [2.05, 4.69) is 44.4 Å². The second-order valence-electron chi connectivity index (χ2n) is 6.99. The summed E-state index contributed by atoms with van der Waals surface area (Å²) in [4.78, 5) is 1.32. The first-order chi connectivity index (χ1) is 9.16. The Balaban J connectivity index is 2.54. The highest BCUT2D eigenvalue weighted by molar-refractivity contribution is 7.16. The van der Waals surface area contributed by atoms with Crippen molar-refractivity contribution in [3.63, 3.8) is 0 Å². The Morgan fingerprint density at radius 2 is 2.00 bits per heavy atom. The fraction of sp³-hybridized carbons (Fsp3) is 0.600. The third kappa shape index (κ3) is 2.72. The molecular formula is C15H24N4S+2. The highest BCUT2D eigenvalue weighted by Gasteiger charge is 2.44. The maximum absolute atomic E-state index is 9.55. The molecule has 0 aromatic carbocycles. The van der Waals surface area contributed by atoms with E-state index >= 15 is 0 Å². The molecule has 0 saturated heterocycles. The quantitative estimate of drug-likeness (QED) is 0.493. The number of nitrogens with one attached hydrogen (secondary N) is 1. The van der Waals surface area contributed by atoms with Gasteiger partial charge in [0.15, 0.2) is 5.00 Å². The largest absolute Gasteiger partial charge is 0.333 e. The number of hydrogen-bond acceptors (Lipinski definition) is 2. The topological polar surface area (TPSA) is 55.4 Å². The van der Waals surface area contributed by atoms with Crippen LogP contribution in [0.2, 0.25) is 0 Å². The molecule has 0 aliphatic carbocycles. The lowest BCUT2D eigenvalue weighted by molar-refractivity contribution is -0.789. The van der Waals surface area contributed by atoms with Crippen molar-refractivity contribution in [3.8, 4) is 6.07 Å². The molecule has 0 atom stereocenters. The summed E-state index contributed by atoms with van der Waals surface area (Å²) in [5.74, 6) is 0. The van der Waals surface area contributed by atoms with Gasteiger partial charge >= 0.3 is 0 Å². The van der Waals surface area contributed by atoms with E-state index in [9.17, 15) is 5.26 Å². The lowest BCUT2D eigenvalue weighted by Crippen LogP contribution is -3.03. The van der Waals surface area contributed by atoms with Gasteiger partial charge in [0.1, 0.15) is 17.2 Å². The highest BCUT2D eigenvalue weighted by atomic mass is 32.1. The summed E-state index contributed by atoms with van der Waals surface area (Å²) < 4.78 is 1.95. The molecule has 0 unspecified atom stereocenters. The van der Waals surface area contributed by atoms with Gasteiger partial charge in [-0.2, -0.15) is 5.26 Å². The molecule has 20 heavy (non-hydrogen) atoms. The maximum Gasteiger partial charge on any atom is 0.237 e. The van der Waals surface area contributed by atoms with E-state index < -0.39 is 0 Å². The minimum absolute atomic E-state index is 0.0192. The van der Waals surface area contributed by atoms with Gasteiger partial charge in [-0.15, -0.1) is 0 Å². The number of anilines is 1. The van der Waals surface area contributed by atoms with Crippen molar-refractivity contribution in [3.05, 3.63) is 16.0 Å². The number of thiophene rings is 1. The lowest BCUT2D eigenvalue weighted by atomic mass is 9.81. The van der Waals surface area contributed by atoms with Crippen LogP contribution in [0.15, 0.2) is 0 Å². The molecule has 0 fully saturated rings. The molecule has 0 amide bonds. The van der Waals surface area contributed by atoms with Crippen molar-refractivity contribution >= 4 is 22.7 Å². The minimum Gasteiger partial charge on any atom is -0.333 e. The zero-order valence-electron chi connectivity index (χ0n) is 13.2. The van der Waals surface area contributed by atoms with Crippen LogP contribution in [-0.2, 0) is 12.0 Å². The number of fused-ring (bicyclic) bond motifs is 1. The van der Waals surface area contributed by atoms with Gasteiger partial charge in [-0.1, -0.05) is 11.3 Å². The Morgan fingerprint density at radius 3 is 2.55 bits per heavy atom. The van der Waals surface area contributed by atoms with Gasteiger partial charge in [-0.3, -0.25) is 4.58 Å². The molecule has 0 radical (unpaired) electrons. The molecule has 1 aliphatic heterocycles. The molecular weight excluding hydrogens is 268 g/mol. The van der Waals surface area contributed by atoms with Gasteiger partial charge in [0.05, 0.1) is 24.5 Å². The second kappa shape index (κ2) is 4.87. The van der Waals surface area contributed by atoms with Crippen LogP contribution in [0.5, 0.6) is 0 Å². The van der Waals surface area contributed by atoms with E-state index in [1.54, 1.807) is 11.3 Å². The van der Waals surface area contributed by atoms with Gasteiger partial charge in [-0.25, -0.2) is 5.32 Å². The first-order valence-corrected chi connectivity index (χ1v) is 7.67. The molecule has 2 rings (SSSR count). The molecule has 2 heterocycles. The van der Waals surface area contributed by atoms with E-state index in [0.29, 0.717) is 0 Å². The number of quaternary nitrogens is 1. The summed E-state index contributed by atoms with van der Waals surface area (Å²) in [6.45, 7) is 8.97. The lowest BCUT2D eigenvalue weighted by Gasteiger charge is -2.38. The summed E-state index contributed by atoms with van der Waals surface area (Å²) in [6.07, 6.45) is 2.83. The van der Waals surface area contributed by atoms with E-state index in [1.807, 2.05) is 25.0 Å². The Kier molecular flexibility index (Phi) is 3.66. The molecule has 1 aliphatic rings. The van der Waals surface area contributed by atoms with Crippen LogP contribution in [0.4, 0.5) is 5.00 Å². The Bertz CT molecular complexity index is 598. The summed E-state index contributed by atoms with van der Waals surface area (Å²) in [7, 11) is 3.93. The van der Waals surface area contributed by atoms with Crippen LogP contribution in [0.3, 0.4) is 0 Å². The smallest absolute Gasteiger partial charge is 0.237 e. The SMILES string of the molecule is C[N+](C)=CNc1sc2c(c1C#N)CC(C)(C)[NH2+]C2(C)C. The first-order valence-electron chi connectivity index (χ1n) is 6.86. The van der Waals surface area contributed by atoms with Crippen LogP contribution in [0.1, 0.15) is 43.7 Å². The zero-order chi connectivity index (χ0) is 15.1. The predicted octanol–water partition coefficient (Wildman–Crippen LogP) is 1.47. The summed E-state index contributed by atoms with van der Waals surface area (Å²) in [5, 5.41) is 16.2. The third-order valence-corrected chi connectivity index (χ3v) is 5.04. The number of hydrogen-bond donors (Lipinski definition) is 2. The number of nitriles is 1. The van der Waals surface area contributed by atoms with Crippen molar-refractivity contribution in [2.45, 2.75) is 45.2 Å². The molecule has 0 spiro atoms. The summed E-state index contributed by atoms with van der Waals surface area (Å²) in [5.41, 5.74) is 2.19. The van der Waals surface area contributed by atoms with E-state index in [0.717, 1.165) is 17.0 Å². The molecule has 5 heteroatoms. The van der Waals surface area contributed by atoms with Gasteiger partial charge in [0.2, 0.25) is 6.34 Å². The Hall–Kier alpha value is -1.38. The second-order valence-corrected chi connectivity index (χ2v) is 8.01. The van der Waals surface area contributed by atoms with Crippen LogP contribution >= 0.6 is 11.3 Å². The van der Waals surface area contributed by atoms with Crippen molar-refractivity contribution in [1.29, 1.82) is 5.26 Å². The molecule has 4 nitrogen and oxygen atoms in total. The first kappa shape index (κ1) is 15.0. The minimum atomic E-state index is 0.0192. The van der Waals surface area contributed by atoms with Gasteiger partial charge < -0.3 is 5.32 Å². The monoisotopic (exact) mass is 292 g/mol. The van der Waals surface area contributed by atoms with Gasteiger partial charge in [0.25, 0.3) is 0 Å². The average molecular weight is 292 g/mol. The number of nitrogens with zero attached hydrogens (tertiary/aromatic N) is 2. The van der Waals surface area contributed by atoms with Crippen molar-refractivity contribution in [2.75, 3.05) is 19.4 Å². The van der Waals surface area contributed by atoms with Gasteiger partial charge in [0, 0.05) is 12.0 Å². The maximum atomic E-state index is 9.55. The summed E-state index contributed by atoms with van der Waals surface area (Å²) >= 11 is 1.71. The molecule has 0 bridgehead atoms. The summed E-state index contributed by atoms with van der Waals surface area (Å²) in [6, 6.07) is 2.40. The van der Waals surface area contributed by atoms with E-state index in [4.69, 9.17) is 0 Å². The van der Waals surface area contributed by atoms with Crippen molar-refractivity contribution < 1.29 is 9.89 Å². The number of nitrogens with two attached hydrogens (primary N) is 1. The zero-order valence-corrected chi connectivity index (χ0v) is 14.0. The number of rotatable bonds is 2. The molecule has 3 N–H and O–H groups in total. The van der Waals surface area contributed by atoms with Crippen LogP contribution in [0.25, 0.3) is 0 Å². The third-order valence-electron chi connectivity index (χ3n) is 3.54. The van der Waals surface area contributed by atoms with Crippen LogP contribution in [-0.4, -0.2) is 30.5 Å². The molecule has 108 valence electrons.